The standard InChI is InChI=1S/C19H20N6/c1-2-16-12-19(25-18(22-16)8-9-21-25)23-17(13-24-11-10-20-14-24)15-6-4-3-5-7-15/h3-12,14,17,23H,2,13H2,1H3/t17-/m1/s1. The second kappa shape index (κ2) is 6.76. The quantitative estimate of drug-likeness (QED) is 0.588. The minimum Gasteiger partial charge on any atom is -0.361 e. The third kappa shape index (κ3) is 3.24. The largest absolute Gasteiger partial charge is 0.361 e. The van der Waals surface area contributed by atoms with Gasteiger partial charge >= 0.3 is 0 Å². The summed E-state index contributed by atoms with van der Waals surface area (Å²) in [7, 11) is 0. The van der Waals surface area contributed by atoms with E-state index in [0.29, 0.717) is 0 Å². The van der Waals surface area contributed by atoms with Gasteiger partial charge in [0.1, 0.15) is 5.82 Å². The molecule has 0 aliphatic heterocycles. The first-order chi connectivity index (χ1) is 12.3. The van der Waals surface area contributed by atoms with Crippen LogP contribution in [-0.2, 0) is 13.0 Å². The number of hydrogen-bond acceptors (Lipinski definition) is 4. The summed E-state index contributed by atoms with van der Waals surface area (Å²) >= 11 is 0. The molecule has 3 heterocycles. The molecule has 1 N–H and O–H groups in total. The van der Waals surface area contributed by atoms with Crippen molar-refractivity contribution in [2.24, 2.45) is 0 Å². The molecule has 0 fully saturated rings. The molecule has 0 radical (unpaired) electrons. The number of nitrogens with zero attached hydrogens (tertiary/aromatic N) is 5. The maximum Gasteiger partial charge on any atom is 0.157 e. The fourth-order valence-electron chi connectivity index (χ4n) is 2.95. The van der Waals surface area contributed by atoms with E-state index in [1.807, 2.05) is 29.2 Å². The van der Waals surface area contributed by atoms with Crippen LogP contribution in [0.1, 0.15) is 24.2 Å². The molecule has 0 aliphatic carbocycles. The van der Waals surface area contributed by atoms with E-state index in [2.05, 4.69) is 62.2 Å². The Hall–Kier alpha value is -3.15. The Kier molecular flexibility index (Phi) is 4.16. The van der Waals surface area contributed by atoms with Crippen LogP contribution in [0.5, 0.6) is 0 Å². The molecule has 1 atom stereocenters. The molecule has 3 aromatic heterocycles. The van der Waals surface area contributed by atoms with Gasteiger partial charge < -0.3 is 9.88 Å². The lowest BCUT2D eigenvalue weighted by molar-refractivity contribution is 0.603. The molecule has 6 heteroatoms. The Morgan fingerprint density at radius 3 is 2.76 bits per heavy atom. The van der Waals surface area contributed by atoms with E-state index >= 15 is 0 Å². The number of rotatable bonds is 6. The highest BCUT2D eigenvalue weighted by atomic mass is 15.3. The van der Waals surface area contributed by atoms with Crippen molar-refractivity contribution < 1.29 is 0 Å². The van der Waals surface area contributed by atoms with Crippen molar-refractivity contribution in [3.05, 3.63) is 78.6 Å². The summed E-state index contributed by atoms with van der Waals surface area (Å²) in [6.07, 6.45) is 8.28. The van der Waals surface area contributed by atoms with Gasteiger partial charge in [0.25, 0.3) is 0 Å². The summed E-state index contributed by atoms with van der Waals surface area (Å²) in [5.41, 5.74) is 3.12. The first kappa shape index (κ1) is 15.4. The van der Waals surface area contributed by atoms with Gasteiger partial charge in [-0.3, -0.25) is 0 Å². The Labute approximate surface area is 146 Å². The summed E-state index contributed by atoms with van der Waals surface area (Å²) in [6, 6.07) is 14.5. The molecular weight excluding hydrogens is 312 g/mol. The molecule has 0 unspecified atom stereocenters. The molecule has 25 heavy (non-hydrogen) atoms. The van der Waals surface area contributed by atoms with Crippen molar-refractivity contribution in [2.75, 3.05) is 5.32 Å². The van der Waals surface area contributed by atoms with Crippen molar-refractivity contribution in [3.63, 3.8) is 0 Å². The second-order valence-electron chi connectivity index (χ2n) is 5.95. The van der Waals surface area contributed by atoms with E-state index in [4.69, 9.17) is 0 Å². The molecule has 1 aromatic carbocycles. The normalized spacial score (nSPS) is 12.4. The fourth-order valence-corrected chi connectivity index (χ4v) is 2.95. The molecular formula is C19H20N6. The maximum absolute atomic E-state index is 4.62. The van der Waals surface area contributed by atoms with Gasteiger partial charge in [-0.1, -0.05) is 37.3 Å². The highest BCUT2D eigenvalue weighted by Crippen LogP contribution is 2.22. The predicted molar refractivity (Wildman–Crippen MR) is 97.4 cm³/mol. The van der Waals surface area contributed by atoms with Gasteiger partial charge in [0.05, 0.1) is 18.6 Å². The third-order valence-corrected chi connectivity index (χ3v) is 4.25. The van der Waals surface area contributed by atoms with Crippen LogP contribution in [0.3, 0.4) is 0 Å². The minimum absolute atomic E-state index is 0.0925. The van der Waals surface area contributed by atoms with Crippen molar-refractivity contribution in [3.8, 4) is 0 Å². The Morgan fingerprint density at radius 1 is 1.12 bits per heavy atom. The topological polar surface area (TPSA) is 60.0 Å². The number of hydrogen-bond donors (Lipinski definition) is 1. The van der Waals surface area contributed by atoms with Gasteiger partial charge in [-0.15, -0.1) is 0 Å². The molecule has 0 amide bonds. The molecule has 0 bridgehead atoms. The zero-order valence-corrected chi connectivity index (χ0v) is 14.1. The molecule has 6 nitrogen and oxygen atoms in total. The summed E-state index contributed by atoms with van der Waals surface area (Å²) in [5, 5.41) is 8.06. The van der Waals surface area contributed by atoms with Crippen LogP contribution in [0, 0.1) is 0 Å². The van der Waals surface area contributed by atoms with Gasteiger partial charge in [-0.2, -0.15) is 9.61 Å². The van der Waals surface area contributed by atoms with E-state index in [1.54, 1.807) is 12.4 Å². The number of anilines is 1. The molecule has 0 saturated carbocycles. The number of nitrogens with one attached hydrogen (secondary N) is 1. The van der Waals surface area contributed by atoms with E-state index < -0.39 is 0 Å². The first-order valence-electron chi connectivity index (χ1n) is 8.44. The number of aryl methyl sites for hydroxylation is 1. The fraction of sp³-hybridized carbons (Fsp3) is 0.211. The Morgan fingerprint density at radius 2 is 2.00 bits per heavy atom. The molecule has 0 spiro atoms. The summed E-state index contributed by atoms with van der Waals surface area (Å²) < 4.78 is 3.93. The van der Waals surface area contributed by atoms with Gasteiger partial charge in [0, 0.05) is 36.8 Å². The second-order valence-corrected chi connectivity index (χ2v) is 5.95. The van der Waals surface area contributed by atoms with Crippen LogP contribution in [-0.4, -0.2) is 24.1 Å². The monoisotopic (exact) mass is 332 g/mol. The lowest BCUT2D eigenvalue weighted by Crippen LogP contribution is -2.19. The van der Waals surface area contributed by atoms with Crippen molar-refractivity contribution in [1.82, 2.24) is 24.1 Å². The molecule has 126 valence electrons. The van der Waals surface area contributed by atoms with E-state index in [1.165, 1.54) is 5.56 Å². The van der Waals surface area contributed by atoms with E-state index in [-0.39, 0.29) is 6.04 Å². The van der Waals surface area contributed by atoms with Crippen LogP contribution in [0.15, 0.2) is 67.4 Å². The number of aromatic nitrogens is 5. The van der Waals surface area contributed by atoms with Gasteiger partial charge in [0.15, 0.2) is 5.65 Å². The predicted octanol–water partition coefficient (Wildman–Crippen LogP) is 3.34. The molecule has 0 saturated heterocycles. The van der Waals surface area contributed by atoms with Crippen molar-refractivity contribution >= 4 is 11.5 Å². The smallest absolute Gasteiger partial charge is 0.157 e. The zero-order valence-electron chi connectivity index (χ0n) is 14.1. The number of imidazole rings is 1. The SMILES string of the molecule is CCc1cc(N[C@H](Cn2ccnc2)c2ccccc2)n2nccc2n1. The molecule has 0 aliphatic rings. The Bertz CT molecular complexity index is 943. The van der Waals surface area contributed by atoms with Crippen LogP contribution in [0.25, 0.3) is 5.65 Å². The highest BCUT2D eigenvalue weighted by Gasteiger charge is 2.15. The van der Waals surface area contributed by atoms with Gasteiger partial charge in [-0.25, -0.2) is 9.97 Å². The summed E-state index contributed by atoms with van der Waals surface area (Å²) in [6.45, 7) is 2.88. The van der Waals surface area contributed by atoms with Crippen LogP contribution in [0.4, 0.5) is 5.82 Å². The highest BCUT2D eigenvalue weighted by molar-refractivity contribution is 5.50. The lowest BCUT2D eigenvalue weighted by atomic mass is 10.1. The zero-order chi connectivity index (χ0) is 17.1. The lowest BCUT2D eigenvalue weighted by Gasteiger charge is -2.21. The average Bonchev–Trinajstić information content (AvgIpc) is 3.33. The van der Waals surface area contributed by atoms with Crippen molar-refractivity contribution in [1.29, 1.82) is 0 Å². The molecule has 4 rings (SSSR count). The van der Waals surface area contributed by atoms with Crippen LogP contribution in [0.2, 0.25) is 0 Å². The summed E-state index contributed by atoms with van der Waals surface area (Å²) in [5.74, 6) is 0.945. The maximum atomic E-state index is 4.62. The first-order valence-corrected chi connectivity index (χ1v) is 8.44. The van der Waals surface area contributed by atoms with Gasteiger partial charge in [-0.05, 0) is 12.0 Å². The van der Waals surface area contributed by atoms with E-state index in [9.17, 15) is 0 Å². The summed E-state index contributed by atoms with van der Waals surface area (Å²) in [4.78, 5) is 8.77. The van der Waals surface area contributed by atoms with Crippen molar-refractivity contribution in [2.45, 2.75) is 25.9 Å². The Balaban J connectivity index is 1.72. The van der Waals surface area contributed by atoms with Gasteiger partial charge in [0.2, 0.25) is 0 Å². The average molecular weight is 332 g/mol. The van der Waals surface area contributed by atoms with E-state index in [0.717, 1.165) is 30.1 Å². The molecule has 4 aromatic rings. The third-order valence-electron chi connectivity index (χ3n) is 4.25. The number of benzene rings is 1. The minimum atomic E-state index is 0.0925. The van der Waals surface area contributed by atoms with Crippen LogP contribution < -0.4 is 5.32 Å². The van der Waals surface area contributed by atoms with Crippen LogP contribution >= 0.6 is 0 Å². The number of fused-ring (bicyclic) bond motifs is 1.